The summed E-state index contributed by atoms with van der Waals surface area (Å²) in [6, 6.07) is 8.06. The van der Waals surface area contributed by atoms with Crippen molar-refractivity contribution in [2.45, 2.75) is 25.9 Å². The van der Waals surface area contributed by atoms with Crippen molar-refractivity contribution in [3.05, 3.63) is 24.3 Å². The van der Waals surface area contributed by atoms with Crippen molar-refractivity contribution in [3.8, 4) is 0 Å². The number of fused-ring (bicyclic) bond motifs is 1. The quantitative estimate of drug-likeness (QED) is 0.790. The summed E-state index contributed by atoms with van der Waals surface area (Å²) in [5, 5.41) is 8.13. The van der Waals surface area contributed by atoms with E-state index in [1.54, 1.807) is 0 Å². The number of hydrogen-bond donors (Lipinski definition) is 1. The summed E-state index contributed by atoms with van der Waals surface area (Å²) in [4.78, 5) is 0. The summed E-state index contributed by atoms with van der Waals surface area (Å²) in [7, 11) is 0. The van der Waals surface area contributed by atoms with Gasteiger partial charge in [0, 0.05) is 6.04 Å². The van der Waals surface area contributed by atoms with Crippen molar-refractivity contribution in [1.82, 2.24) is 15.0 Å². The van der Waals surface area contributed by atoms with Crippen LogP contribution in [0.3, 0.4) is 0 Å². The topological polar surface area (TPSA) is 56.7 Å². The van der Waals surface area contributed by atoms with E-state index in [-0.39, 0.29) is 6.04 Å². The zero-order chi connectivity index (χ0) is 9.97. The van der Waals surface area contributed by atoms with E-state index in [4.69, 9.17) is 5.73 Å². The van der Waals surface area contributed by atoms with Gasteiger partial charge in [0.15, 0.2) is 0 Å². The first-order valence-corrected chi connectivity index (χ1v) is 4.85. The number of hydrogen-bond acceptors (Lipinski definition) is 3. The number of rotatable bonds is 3. The third-order valence-corrected chi connectivity index (χ3v) is 2.35. The Bertz CT molecular complexity index is 421. The first kappa shape index (κ1) is 9.15. The number of para-hydroxylation sites is 1. The molecule has 2 aromatic rings. The number of aromatic nitrogens is 3. The van der Waals surface area contributed by atoms with E-state index in [0.29, 0.717) is 0 Å². The molecule has 1 atom stereocenters. The molecule has 1 aromatic heterocycles. The maximum Gasteiger partial charge on any atom is 0.113 e. The molecular weight excluding hydrogens is 176 g/mol. The Morgan fingerprint density at radius 2 is 2.21 bits per heavy atom. The number of benzene rings is 1. The Morgan fingerprint density at radius 3 is 3.00 bits per heavy atom. The van der Waals surface area contributed by atoms with Crippen molar-refractivity contribution in [3.63, 3.8) is 0 Å². The molecule has 0 amide bonds. The average Bonchev–Trinajstić information content (AvgIpc) is 2.62. The second kappa shape index (κ2) is 3.75. The molecule has 0 aliphatic rings. The van der Waals surface area contributed by atoms with Gasteiger partial charge in [-0.15, -0.1) is 5.10 Å². The van der Waals surface area contributed by atoms with Gasteiger partial charge in [0.1, 0.15) is 5.52 Å². The lowest BCUT2D eigenvalue weighted by molar-refractivity contribution is 0.499. The molecule has 1 unspecified atom stereocenters. The van der Waals surface area contributed by atoms with E-state index < -0.39 is 0 Å². The smallest absolute Gasteiger partial charge is 0.113 e. The van der Waals surface area contributed by atoms with E-state index in [1.165, 1.54) is 0 Å². The van der Waals surface area contributed by atoms with Crippen molar-refractivity contribution in [1.29, 1.82) is 0 Å². The van der Waals surface area contributed by atoms with Gasteiger partial charge in [-0.05, 0) is 18.6 Å². The SMILES string of the molecule is CCC(N)Cn1nnc2ccccc21. The second-order valence-corrected chi connectivity index (χ2v) is 3.43. The number of nitrogens with two attached hydrogens (primary N) is 1. The van der Waals surface area contributed by atoms with E-state index in [1.807, 2.05) is 28.9 Å². The highest BCUT2D eigenvalue weighted by Crippen LogP contribution is 2.09. The van der Waals surface area contributed by atoms with Crippen LogP contribution in [0, 0.1) is 0 Å². The molecule has 0 radical (unpaired) electrons. The van der Waals surface area contributed by atoms with Gasteiger partial charge in [-0.1, -0.05) is 24.3 Å². The molecule has 2 rings (SSSR count). The molecule has 74 valence electrons. The summed E-state index contributed by atoms with van der Waals surface area (Å²) >= 11 is 0. The van der Waals surface area contributed by atoms with Crippen LogP contribution >= 0.6 is 0 Å². The molecule has 0 bridgehead atoms. The molecule has 0 fully saturated rings. The molecule has 0 spiro atoms. The second-order valence-electron chi connectivity index (χ2n) is 3.43. The van der Waals surface area contributed by atoms with Gasteiger partial charge in [-0.25, -0.2) is 4.68 Å². The largest absolute Gasteiger partial charge is 0.326 e. The Hall–Kier alpha value is -1.42. The van der Waals surface area contributed by atoms with Gasteiger partial charge in [0.05, 0.1) is 12.1 Å². The highest BCUT2D eigenvalue weighted by Gasteiger charge is 2.06. The summed E-state index contributed by atoms with van der Waals surface area (Å²) in [5.41, 5.74) is 7.85. The maximum atomic E-state index is 5.87. The first-order valence-electron chi connectivity index (χ1n) is 4.85. The van der Waals surface area contributed by atoms with Crippen LogP contribution in [-0.4, -0.2) is 21.0 Å². The third kappa shape index (κ3) is 1.61. The summed E-state index contributed by atoms with van der Waals surface area (Å²) in [6.45, 7) is 2.81. The van der Waals surface area contributed by atoms with Crippen LogP contribution in [0.4, 0.5) is 0 Å². The number of nitrogens with zero attached hydrogens (tertiary/aromatic N) is 3. The highest BCUT2D eigenvalue weighted by molar-refractivity contribution is 5.73. The zero-order valence-electron chi connectivity index (χ0n) is 8.22. The van der Waals surface area contributed by atoms with E-state index in [2.05, 4.69) is 17.2 Å². The maximum absolute atomic E-state index is 5.87. The monoisotopic (exact) mass is 190 g/mol. The fourth-order valence-corrected chi connectivity index (χ4v) is 1.40. The highest BCUT2D eigenvalue weighted by atomic mass is 15.4. The Labute approximate surface area is 82.7 Å². The minimum Gasteiger partial charge on any atom is -0.326 e. The van der Waals surface area contributed by atoms with E-state index >= 15 is 0 Å². The minimum atomic E-state index is 0.153. The third-order valence-electron chi connectivity index (χ3n) is 2.35. The first-order chi connectivity index (χ1) is 6.81. The van der Waals surface area contributed by atoms with Crippen LogP contribution in [0.5, 0.6) is 0 Å². The van der Waals surface area contributed by atoms with Gasteiger partial charge in [0.2, 0.25) is 0 Å². The van der Waals surface area contributed by atoms with Crippen molar-refractivity contribution in [2.75, 3.05) is 0 Å². The van der Waals surface area contributed by atoms with Crippen LogP contribution in [-0.2, 0) is 6.54 Å². The average molecular weight is 190 g/mol. The van der Waals surface area contributed by atoms with Crippen LogP contribution in [0.1, 0.15) is 13.3 Å². The standard InChI is InChI=1S/C10H14N4/c1-2-8(11)7-14-10-6-4-3-5-9(10)12-13-14/h3-6,8H,2,7,11H2,1H3. The van der Waals surface area contributed by atoms with Crippen LogP contribution in [0.2, 0.25) is 0 Å². The minimum absolute atomic E-state index is 0.153. The van der Waals surface area contributed by atoms with Gasteiger partial charge in [-0.3, -0.25) is 0 Å². The summed E-state index contributed by atoms with van der Waals surface area (Å²) < 4.78 is 1.86. The fourth-order valence-electron chi connectivity index (χ4n) is 1.40. The summed E-state index contributed by atoms with van der Waals surface area (Å²) in [6.07, 6.45) is 0.953. The summed E-state index contributed by atoms with van der Waals surface area (Å²) in [5.74, 6) is 0. The zero-order valence-corrected chi connectivity index (χ0v) is 8.22. The van der Waals surface area contributed by atoms with Gasteiger partial charge >= 0.3 is 0 Å². The van der Waals surface area contributed by atoms with E-state index in [0.717, 1.165) is 24.0 Å². The van der Waals surface area contributed by atoms with Crippen LogP contribution in [0.15, 0.2) is 24.3 Å². The molecular formula is C10H14N4. The van der Waals surface area contributed by atoms with E-state index in [9.17, 15) is 0 Å². The molecule has 14 heavy (non-hydrogen) atoms. The van der Waals surface area contributed by atoms with Crippen LogP contribution < -0.4 is 5.73 Å². The van der Waals surface area contributed by atoms with Gasteiger partial charge in [-0.2, -0.15) is 0 Å². The Balaban J connectivity index is 2.33. The molecule has 1 aromatic carbocycles. The fraction of sp³-hybridized carbons (Fsp3) is 0.400. The lowest BCUT2D eigenvalue weighted by Gasteiger charge is -2.08. The Morgan fingerprint density at radius 1 is 1.43 bits per heavy atom. The van der Waals surface area contributed by atoms with Crippen molar-refractivity contribution >= 4 is 11.0 Å². The molecule has 0 saturated heterocycles. The predicted molar refractivity (Wildman–Crippen MR) is 55.8 cm³/mol. The molecule has 1 heterocycles. The van der Waals surface area contributed by atoms with Crippen molar-refractivity contribution < 1.29 is 0 Å². The molecule has 4 nitrogen and oxygen atoms in total. The van der Waals surface area contributed by atoms with Crippen molar-refractivity contribution in [2.24, 2.45) is 5.73 Å². The van der Waals surface area contributed by atoms with Gasteiger partial charge < -0.3 is 5.73 Å². The molecule has 4 heteroatoms. The molecule has 0 aliphatic heterocycles. The molecule has 2 N–H and O–H groups in total. The lowest BCUT2D eigenvalue weighted by Crippen LogP contribution is -2.25. The predicted octanol–water partition coefficient (Wildman–Crippen LogP) is 1.17. The van der Waals surface area contributed by atoms with Crippen LogP contribution in [0.25, 0.3) is 11.0 Å². The van der Waals surface area contributed by atoms with Gasteiger partial charge in [0.25, 0.3) is 0 Å². The normalized spacial score (nSPS) is 13.3. The molecule has 0 aliphatic carbocycles. The Kier molecular flexibility index (Phi) is 2.45. The lowest BCUT2D eigenvalue weighted by atomic mass is 10.2. The molecule has 0 saturated carbocycles.